The average Bonchev–Trinajstić information content (AvgIpc) is 2.78. The summed E-state index contributed by atoms with van der Waals surface area (Å²) in [5.41, 5.74) is -0.268. The topological polar surface area (TPSA) is 187 Å². The Balaban J connectivity index is 2.19. The summed E-state index contributed by atoms with van der Waals surface area (Å²) >= 11 is 0.953. The molecule has 0 spiro atoms. The lowest BCUT2D eigenvalue weighted by Gasteiger charge is -2.43. The molecule has 0 unspecified atom stereocenters. The predicted molar refractivity (Wildman–Crippen MR) is 124 cm³/mol. The maximum absolute atomic E-state index is 12.4. The van der Waals surface area contributed by atoms with Crippen LogP contribution in [0.1, 0.15) is 26.3 Å². The van der Waals surface area contributed by atoms with E-state index in [0.29, 0.717) is 13.0 Å². The number of carbonyl (C=O) groups excluding carboxylic acids is 4. The van der Waals surface area contributed by atoms with Crippen LogP contribution in [0, 0.1) is 0 Å². The normalized spacial score (nSPS) is 23.9. The summed E-state index contributed by atoms with van der Waals surface area (Å²) in [4.78, 5) is 47.7. The first-order chi connectivity index (χ1) is 16.8. The van der Waals surface area contributed by atoms with Gasteiger partial charge in [0, 0.05) is 27.3 Å². The third kappa shape index (κ3) is 8.44. The molecule has 15 heteroatoms. The van der Waals surface area contributed by atoms with Gasteiger partial charge in [-0.1, -0.05) is 12.1 Å². The van der Waals surface area contributed by atoms with Crippen LogP contribution in [0.3, 0.4) is 0 Å². The number of ether oxygens (including phenoxy) is 5. The van der Waals surface area contributed by atoms with Crippen molar-refractivity contribution in [3.63, 3.8) is 0 Å². The van der Waals surface area contributed by atoms with E-state index in [-0.39, 0.29) is 4.90 Å². The van der Waals surface area contributed by atoms with Gasteiger partial charge in [0.25, 0.3) is 0 Å². The summed E-state index contributed by atoms with van der Waals surface area (Å²) in [6.45, 7) is 3.69. The molecule has 1 aliphatic heterocycles. The Morgan fingerprint density at radius 3 is 1.97 bits per heavy atom. The van der Waals surface area contributed by atoms with Gasteiger partial charge in [-0.3, -0.25) is 19.1 Å². The van der Waals surface area contributed by atoms with Crippen LogP contribution in [0.2, 0.25) is 0 Å². The van der Waals surface area contributed by atoms with Crippen molar-refractivity contribution >= 4 is 45.8 Å². The average molecular weight is 549 g/mol. The molecule has 0 aliphatic carbocycles. The number of hydrogen-bond donors (Lipinski definition) is 2. The van der Waals surface area contributed by atoms with E-state index in [0.717, 1.165) is 45.4 Å². The molecule has 0 bridgehead atoms. The highest BCUT2D eigenvalue weighted by molar-refractivity contribution is 7.97. The van der Waals surface area contributed by atoms with Crippen molar-refractivity contribution in [3.8, 4) is 0 Å². The van der Waals surface area contributed by atoms with Crippen LogP contribution in [-0.2, 0) is 59.3 Å². The van der Waals surface area contributed by atoms with E-state index in [2.05, 4.69) is 4.72 Å². The second-order valence-corrected chi connectivity index (χ2v) is 10.2. The van der Waals surface area contributed by atoms with E-state index in [1.165, 1.54) is 12.1 Å². The van der Waals surface area contributed by atoms with Crippen LogP contribution in [0.4, 0.5) is 0 Å². The zero-order valence-electron chi connectivity index (χ0n) is 20.0. The largest absolute Gasteiger partial charge is 0.467 e. The molecule has 1 saturated heterocycles. The number of benzene rings is 1. The minimum atomic E-state index is -3.80. The first kappa shape index (κ1) is 29.5. The standard InChI is InChI=1S/C21H28N2O11S2/c1-11(24)31-16-17(32-12(2)25)19(33-13(3)26)21(34-18(16)20(27)30-4)35-23-10-9-14-5-7-15(8-6-14)36(22,28)29/h5-8,16-19,21,23H,9-10H2,1-4H3,(H2,22,28,29)/t16-,17-,18-,19+,21-/m0/s1. The van der Waals surface area contributed by atoms with Crippen LogP contribution < -0.4 is 9.86 Å². The van der Waals surface area contributed by atoms with Crippen molar-refractivity contribution in [1.82, 2.24) is 4.72 Å². The maximum Gasteiger partial charge on any atom is 0.339 e. The van der Waals surface area contributed by atoms with Gasteiger partial charge in [0.15, 0.2) is 29.9 Å². The molecule has 2 rings (SSSR count). The molecule has 5 atom stereocenters. The fraction of sp³-hybridized carbons (Fsp3) is 0.524. The lowest BCUT2D eigenvalue weighted by atomic mass is 9.99. The van der Waals surface area contributed by atoms with Crippen LogP contribution >= 0.6 is 11.9 Å². The van der Waals surface area contributed by atoms with Gasteiger partial charge in [-0.15, -0.1) is 0 Å². The molecule has 1 aromatic carbocycles. The number of carbonyl (C=O) groups is 4. The van der Waals surface area contributed by atoms with Gasteiger partial charge in [-0.05, 0) is 36.1 Å². The Kier molecular flexibility index (Phi) is 10.7. The zero-order valence-corrected chi connectivity index (χ0v) is 21.6. The van der Waals surface area contributed by atoms with E-state index < -0.39 is 63.8 Å². The molecule has 1 fully saturated rings. The highest BCUT2D eigenvalue weighted by atomic mass is 32.2. The van der Waals surface area contributed by atoms with E-state index in [1.54, 1.807) is 12.1 Å². The van der Waals surface area contributed by atoms with Crippen LogP contribution in [-0.4, -0.2) is 75.8 Å². The van der Waals surface area contributed by atoms with E-state index in [4.69, 9.17) is 28.8 Å². The Morgan fingerprint density at radius 1 is 0.944 bits per heavy atom. The molecule has 0 radical (unpaired) electrons. The Bertz CT molecular complexity index is 1060. The van der Waals surface area contributed by atoms with Gasteiger partial charge in [0.05, 0.1) is 12.0 Å². The smallest absolute Gasteiger partial charge is 0.339 e. The molecule has 1 aromatic rings. The van der Waals surface area contributed by atoms with Crippen LogP contribution in [0.15, 0.2) is 29.2 Å². The number of rotatable bonds is 10. The molecule has 200 valence electrons. The summed E-state index contributed by atoms with van der Waals surface area (Å²) in [5.74, 6) is -3.16. The van der Waals surface area contributed by atoms with Crippen molar-refractivity contribution in [1.29, 1.82) is 0 Å². The summed E-state index contributed by atoms with van der Waals surface area (Å²) in [7, 11) is -2.69. The van der Waals surface area contributed by atoms with Gasteiger partial charge in [-0.2, -0.15) is 0 Å². The third-order valence-corrected chi connectivity index (χ3v) is 6.71. The van der Waals surface area contributed by atoms with Crippen molar-refractivity contribution in [2.24, 2.45) is 5.14 Å². The molecule has 1 aliphatic rings. The second kappa shape index (κ2) is 13.0. The molecule has 0 aromatic heterocycles. The van der Waals surface area contributed by atoms with Crippen LogP contribution in [0.25, 0.3) is 0 Å². The first-order valence-corrected chi connectivity index (χ1v) is 13.0. The Labute approximate surface area is 212 Å². The quantitative estimate of drug-likeness (QED) is 0.170. The van der Waals surface area contributed by atoms with E-state index in [1.807, 2.05) is 0 Å². The SMILES string of the molecule is COC(=O)[C@H]1O[C@@H](SNCCc2ccc(S(N)(=O)=O)cc2)[C@H](OC(C)=O)[C@@H](OC(C)=O)[C@@H]1OC(C)=O. The molecule has 36 heavy (non-hydrogen) atoms. The lowest BCUT2D eigenvalue weighted by molar-refractivity contribution is -0.235. The Hall–Kier alpha value is -2.72. The molecule has 3 N–H and O–H groups in total. The van der Waals surface area contributed by atoms with Crippen molar-refractivity contribution in [2.45, 2.75) is 61.9 Å². The van der Waals surface area contributed by atoms with Crippen LogP contribution in [0.5, 0.6) is 0 Å². The van der Waals surface area contributed by atoms with E-state index in [9.17, 15) is 27.6 Å². The maximum atomic E-state index is 12.4. The summed E-state index contributed by atoms with van der Waals surface area (Å²) < 4.78 is 52.2. The summed E-state index contributed by atoms with van der Waals surface area (Å²) in [5, 5.41) is 5.09. The molecule has 13 nitrogen and oxygen atoms in total. The van der Waals surface area contributed by atoms with Gasteiger partial charge < -0.3 is 23.7 Å². The highest BCUT2D eigenvalue weighted by Gasteiger charge is 2.54. The summed E-state index contributed by atoms with van der Waals surface area (Å²) in [6.07, 6.45) is -5.05. The first-order valence-electron chi connectivity index (χ1n) is 10.6. The monoisotopic (exact) mass is 548 g/mol. The van der Waals surface area contributed by atoms with Crippen molar-refractivity contribution in [3.05, 3.63) is 29.8 Å². The second-order valence-electron chi connectivity index (χ2n) is 7.62. The molecular formula is C21H28N2O11S2. The Morgan fingerprint density at radius 2 is 1.47 bits per heavy atom. The number of hydrogen-bond acceptors (Lipinski definition) is 13. The number of methoxy groups -OCH3 is 1. The number of nitrogens with two attached hydrogens (primary N) is 1. The fourth-order valence-corrected chi connectivity index (χ4v) is 4.78. The third-order valence-electron chi connectivity index (χ3n) is 4.80. The van der Waals surface area contributed by atoms with Crippen molar-refractivity contribution < 1.29 is 51.3 Å². The number of sulfonamides is 1. The molecular weight excluding hydrogens is 520 g/mol. The molecule has 0 amide bonds. The van der Waals surface area contributed by atoms with Gasteiger partial charge >= 0.3 is 23.9 Å². The zero-order chi connectivity index (χ0) is 27.0. The van der Waals surface area contributed by atoms with Gasteiger partial charge in [-0.25, -0.2) is 18.4 Å². The van der Waals surface area contributed by atoms with Gasteiger partial charge in [0.2, 0.25) is 10.0 Å². The number of primary sulfonamides is 1. The molecule has 1 heterocycles. The lowest BCUT2D eigenvalue weighted by Crippen LogP contribution is -2.62. The predicted octanol–water partition coefficient (Wildman–Crippen LogP) is -0.193. The highest BCUT2D eigenvalue weighted by Crippen LogP contribution is 2.33. The summed E-state index contributed by atoms with van der Waals surface area (Å²) in [6, 6.07) is 5.99. The minimum Gasteiger partial charge on any atom is -0.467 e. The number of nitrogens with one attached hydrogen (secondary N) is 1. The fourth-order valence-electron chi connectivity index (χ4n) is 3.36. The van der Waals surface area contributed by atoms with E-state index >= 15 is 0 Å². The minimum absolute atomic E-state index is 0.0129. The molecule has 0 saturated carbocycles. The number of esters is 4. The van der Waals surface area contributed by atoms with Gasteiger partial charge in [0.1, 0.15) is 0 Å². The van der Waals surface area contributed by atoms with Crippen molar-refractivity contribution in [2.75, 3.05) is 13.7 Å².